The molecule has 1 fully saturated rings. The molecule has 1 aliphatic heterocycles. The molecule has 1 aliphatic rings. The van der Waals surface area contributed by atoms with E-state index in [1.54, 1.807) is 54.6 Å². The topological polar surface area (TPSA) is 96.0 Å². The number of methoxy groups -OCH3 is 1. The van der Waals surface area contributed by atoms with Crippen molar-refractivity contribution in [2.24, 2.45) is 0 Å². The van der Waals surface area contributed by atoms with Gasteiger partial charge in [-0.05, 0) is 61.4 Å². The molecule has 0 aliphatic carbocycles. The number of esters is 1. The SMILES string of the molecule is COC(=O)c1ccc(NC(=O)CC2C(=O)N(c3ccc(C)cc3)C(=O)N2CCc2ccccc2F)cc1. The van der Waals surface area contributed by atoms with Crippen molar-refractivity contribution >= 4 is 35.2 Å². The summed E-state index contributed by atoms with van der Waals surface area (Å²) < 4.78 is 18.9. The summed E-state index contributed by atoms with van der Waals surface area (Å²) in [5.41, 5.74) is 2.52. The molecule has 1 atom stereocenters. The van der Waals surface area contributed by atoms with E-state index in [1.807, 2.05) is 6.92 Å². The molecular formula is C28H26FN3O5. The molecule has 0 aromatic heterocycles. The van der Waals surface area contributed by atoms with E-state index in [1.165, 1.54) is 30.2 Å². The molecule has 1 unspecified atom stereocenters. The minimum Gasteiger partial charge on any atom is -0.465 e. The first kappa shape index (κ1) is 25.6. The van der Waals surface area contributed by atoms with Crippen LogP contribution in [-0.4, -0.2) is 48.4 Å². The Hall–Kier alpha value is -4.53. The van der Waals surface area contributed by atoms with E-state index in [0.717, 1.165) is 10.5 Å². The van der Waals surface area contributed by atoms with Gasteiger partial charge in [-0.25, -0.2) is 18.9 Å². The highest BCUT2D eigenvalue weighted by molar-refractivity contribution is 6.22. The van der Waals surface area contributed by atoms with Crippen molar-refractivity contribution in [1.82, 2.24) is 4.90 Å². The number of hydrogen-bond acceptors (Lipinski definition) is 5. The van der Waals surface area contributed by atoms with Gasteiger partial charge >= 0.3 is 12.0 Å². The first-order valence-corrected chi connectivity index (χ1v) is 11.7. The third-order valence-corrected chi connectivity index (χ3v) is 6.16. The van der Waals surface area contributed by atoms with Crippen LogP contribution in [0.1, 0.15) is 27.9 Å². The van der Waals surface area contributed by atoms with Crippen molar-refractivity contribution < 1.29 is 28.3 Å². The first-order valence-electron chi connectivity index (χ1n) is 11.7. The van der Waals surface area contributed by atoms with Crippen molar-refractivity contribution in [2.75, 3.05) is 23.9 Å². The van der Waals surface area contributed by atoms with Gasteiger partial charge in [0.1, 0.15) is 11.9 Å². The standard InChI is InChI=1S/C28H26FN3O5/c1-18-7-13-22(14-8-18)32-26(34)24(31(28(32)36)16-15-19-5-3-4-6-23(19)29)17-25(33)30-21-11-9-20(10-12-21)27(35)37-2/h3-14,24H,15-17H2,1-2H3,(H,30,33). The smallest absolute Gasteiger partial charge is 0.337 e. The molecule has 0 radical (unpaired) electrons. The van der Waals surface area contributed by atoms with Gasteiger partial charge in [-0.1, -0.05) is 35.9 Å². The number of nitrogens with one attached hydrogen (secondary N) is 1. The third-order valence-electron chi connectivity index (χ3n) is 6.16. The lowest BCUT2D eigenvalue weighted by Gasteiger charge is -2.21. The Balaban J connectivity index is 1.53. The van der Waals surface area contributed by atoms with Crippen LogP contribution in [0.4, 0.5) is 20.6 Å². The molecule has 190 valence electrons. The number of imide groups is 1. The number of urea groups is 1. The number of nitrogens with zero attached hydrogens (tertiary/aromatic N) is 2. The fraction of sp³-hybridized carbons (Fsp3) is 0.214. The Bertz CT molecular complexity index is 1320. The van der Waals surface area contributed by atoms with Crippen LogP contribution < -0.4 is 10.2 Å². The van der Waals surface area contributed by atoms with Crippen LogP contribution in [0.3, 0.4) is 0 Å². The van der Waals surface area contributed by atoms with Gasteiger partial charge in [-0.15, -0.1) is 0 Å². The van der Waals surface area contributed by atoms with Crippen LogP contribution in [0, 0.1) is 12.7 Å². The van der Waals surface area contributed by atoms with Crippen LogP contribution in [0.2, 0.25) is 0 Å². The van der Waals surface area contributed by atoms with Crippen molar-refractivity contribution in [3.63, 3.8) is 0 Å². The maximum Gasteiger partial charge on any atom is 0.337 e. The molecule has 4 amide bonds. The Morgan fingerprint density at radius 1 is 0.973 bits per heavy atom. The van der Waals surface area contributed by atoms with Gasteiger partial charge in [0, 0.05) is 12.2 Å². The van der Waals surface area contributed by atoms with Crippen LogP contribution in [0.5, 0.6) is 0 Å². The zero-order valence-electron chi connectivity index (χ0n) is 20.4. The summed E-state index contributed by atoms with van der Waals surface area (Å²) in [4.78, 5) is 53.6. The minimum absolute atomic E-state index is 0.0552. The molecule has 3 aromatic rings. The number of carbonyl (C=O) groups excluding carboxylic acids is 4. The van der Waals surface area contributed by atoms with E-state index in [2.05, 4.69) is 10.1 Å². The quantitative estimate of drug-likeness (QED) is 0.365. The van der Waals surface area contributed by atoms with E-state index in [0.29, 0.717) is 22.5 Å². The molecule has 0 spiro atoms. The van der Waals surface area contributed by atoms with Crippen LogP contribution >= 0.6 is 0 Å². The maximum atomic E-state index is 14.2. The van der Waals surface area contributed by atoms with Gasteiger partial charge < -0.3 is 15.0 Å². The molecule has 3 aromatic carbocycles. The minimum atomic E-state index is -1.06. The van der Waals surface area contributed by atoms with Gasteiger partial charge in [-0.2, -0.15) is 0 Å². The fourth-order valence-electron chi connectivity index (χ4n) is 4.16. The number of aryl methyl sites for hydroxylation is 1. The lowest BCUT2D eigenvalue weighted by atomic mass is 10.1. The fourth-order valence-corrected chi connectivity index (χ4v) is 4.16. The summed E-state index contributed by atoms with van der Waals surface area (Å²) >= 11 is 0. The molecule has 1 N–H and O–H groups in total. The van der Waals surface area contributed by atoms with E-state index >= 15 is 0 Å². The monoisotopic (exact) mass is 503 g/mol. The van der Waals surface area contributed by atoms with Crippen LogP contribution in [0.25, 0.3) is 0 Å². The molecule has 0 bridgehead atoms. The number of benzene rings is 3. The number of ether oxygens (including phenoxy) is 1. The van der Waals surface area contributed by atoms with Crippen molar-refractivity contribution in [1.29, 1.82) is 0 Å². The molecular weight excluding hydrogens is 477 g/mol. The second kappa shape index (κ2) is 11.0. The van der Waals surface area contributed by atoms with Crippen molar-refractivity contribution in [2.45, 2.75) is 25.8 Å². The van der Waals surface area contributed by atoms with Gasteiger partial charge in [0.15, 0.2) is 0 Å². The molecule has 4 rings (SSSR count). The van der Waals surface area contributed by atoms with E-state index in [4.69, 9.17) is 0 Å². The van der Waals surface area contributed by atoms with E-state index < -0.39 is 35.7 Å². The molecule has 0 saturated carbocycles. The third kappa shape index (κ3) is 5.66. The number of carbonyl (C=O) groups is 4. The Kier molecular flexibility index (Phi) is 7.62. The van der Waals surface area contributed by atoms with Gasteiger partial charge in [0.05, 0.1) is 24.8 Å². The number of amides is 4. The molecule has 8 nitrogen and oxygen atoms in total. The molecule has 37 heavy (non-hydrogen) atoms. The number of rotatable bonds is 8. The largest absolute Gasteiger partial charge is 0.465 e. The predicted octanol–water partition coefficient (Wildman–Crippen LogP) is 4.33. The predicted molar refractivity (Wildman–Crippen MR) is 136 cm³/mol. The highest BCUT2D eigenvalue weighted by Crippen LogP contribution is 2.28. The maximum absolute atomic E-state index is 14.2. The summed E-state index contributed by atoms with van der Waals surface area (Å²) in [6.07, 6.45) is -0.108. The summed E-state index contributed by atoms with van der Waals surface area (Å²) in [7, 11) is 1.27. The average molecular weight is 504 g/mol. The first-order chi connectivity index (χ1) is 17.8. The zero-order chi connectivity index (χ0) is 26.5. The summed E-state index contributed by atoms with van der Waals surface area (Å²) in [6, 6.07) is 17.6. The summed E-state index contributed by atoms with van der Waals surface area (Å²) in [6.45, 7) is 1.95. The van der Waals surface area contributed by atoms with Crippen molar-refractivity contribution in [3.8, 4) is 0 Å². The van der Waals surface area contributed by atoms with E-state index in [9.17, 15) is 23.6 Å². The second-order valence-corrected chi connectivity index (χ2v) is 8.66. The molecule has 1 heterocycles. The zero-order valence-corrected chi connectivity index (χ0v) is 20.4. The summed E-state index contributed by atoms with van der Waals surface area (Å²) in [5, 5.41) is 2.69. The lowest BCUT2D eigenvalue weighted by molar-refractivity contribution is -0.124. The Morgan fingerprint density at radius 2 is 1.65 bits per heavy atom. The lowest BCUT2D eigenvalue weighted by Crippen LogP contribution is -2.39. The van der Waals surface area contributed by atoms with E-state index in [-0.39, 0.29) is 19.4 Å². The van der Waals surface area contributed by atoms with Crippen LogP contribution in [0.15, 0.2) is 72.8 Å². The average Bonchev–Trinajstić information content (AvgIpc) is 3.12. The summed E-state index contributed by atoms with van der Waals surface area (Å²) in [5.74, 6) is -1.92. The Morgan fingerprint density at radius 3 is 2.30 bits per heavy atom. The molecule has 9 heteroatoms. The number of hydrogen-bond donors (Lipinski definition) is 1. The number of anilines is 2. The number of halogens is 1. The highest BCUT2D eigenvalue weighted by Gasteiger charge is 2.46. The normalized spacial score (nSPS) is 15.2. The Labute approximate surface area is 213 Å². The second-order valence-electron chi connectivity index (χ2n) is 8.66. The highest BCUT2D eigenvalue weighted by atomic mass is 19.1. The van der Waals surface area contributed by atoms with Gasteiger partial charge in [-0.3, -0.25) is 9.59 Å². The molecule has 1 saturated heterocycles. The van der Waals surface area contributed by atoms with Gasteiger partial charge in [0.2, 0.25) is 5.91 Å². The van der Waals surface area contributed by atoms with Crippen molar-refractivity contribution in [3.05, 3.63) is 95.3 Å². The van der Waals surface area contributed by atoms with Crippen LogP contribution in [-0.2, 0) is 20.7 Å². The van der Waals surface area contributed by atoms with Gasteiger partial charge in [0.25, 0.3) is 5.91 Å².